The molecule has 2 aliphatic rings. The molecule has 0 bridgehead atoms. The highest BCUT2D eigenvalue weighted by atomic mass is 16.6. The summed E-state index contributed by atoms with van der Waals surface area (Å²) in [6.45, 7) is 6.93. The van der Waals surface area contributed by atoms with Crippen molar-refractivity contribution >= 4 is 33.9 Å². The van der Waals surface area contributed by atoms with Crippen molar-refractivity contribution in [3.05, 3.63) is 54.1 Å². The molecule has 1 saturated heterocycles. The maximum Gasteiger partial charge on any atom is 0.408 e. The molecule has 2 unspecified atom stereocenters. The molecule has 9 heteroatoms. The van der Waals surface area contributed by atoms with Crippen LogP contribution in [0.4, 0.5) is 4.79 Å². The molecular formula is C31H37N5O4. The molecule has 4 aromatic rings. The number of rotatable bonds is 5. The van der Waals surface area contributed by atoms with Crippen molar-refractivity contribution in [1.82, 2.24) is 24.3 Å². The van der Waals surface area contributed by atoms with Crippen LogP contribution in [0.3, 0.4) is 0 Å². The van der Waals surface area contributed by atoms with Crippen LogP contribution >= 0.6 is 0 Å². The molecule has 1 aliphatic carbocycles. The number of aromatic nitrogens is 3. The van der Waals surface area contributed by atoms with Crippen LogP contribution in [0.25, 0.3) is 33.5 Å². The van der Waals surface area contributed by atoms with Gasteiger partial charge >= 0.3 is 6.09 Å². The van der Waals surface area contributed by atoms with E-state index in [1.54, 1.807) is 25.7 Å². The summed E-state index contributed by atoms with van der Waals surface area (Å²) in [5.74, 6) is 1.43. The van der Waals surface area contributed by atoms with Gasteiger partial charge in [0.25, 0.3) is 5.91 Å². The van der Waals surface area contributed by atoms with E-state index in [4.69, 9.17) is 9.72 Å². The third kappa shape index (κ3) is 5.18. The smallest absolute Gasteiger partial charge is 0.408 e. The van der Waals surface area contributed by atoms with E-state index < -0.39 is 23.8 Å². The molecule has 2 atom stereocenters. The Kier molecular flexibility index (Phi) is 6.57. The van der Waals surface area contributed by atoms with Crippen molar-refractivity contribution < 1.29 is 19.4 Å². The number of carbonyl (C=O) groups excluding carboxylic acids is 2. The number of hydrogen-bond donors (Lipinski definition) is 2. The zero-order valence-corrected chi connectivity index (χ0v) is 23.6. The summed E-state index contributed by atoms with van der Waals surface area (Å²) in [7, 11) is 2.02. The number of amides is 2. The molecule has 210 valence electrons. The van der Waals surface area contributed by atoms with Crippen LogP contribution in [0.5, 0.6) is 0 Å². The van der Waals surface area contributed by atoms with E-state index in [2.05, 4.69) is 44.8 Å². The van der Waals surface area contributed by atoms with Gasteiger partial charge in [-0.25, -0.2) is 9.78 Å². The molecule has 0 radical (unpaired) electrons. The van der Waals surface area contributed by atoms with Crippen molar-refractivity contribution in [2.75, 3.05) is 13.1 Å². The van der Waals surface area contributed by atoms with Crippen molar-refractivity contribution in [2.45, 2.75) is 64.3 Å². The molecule has 6 rings (SSSR count). The zero-order valence-electron chi connectivity index (χ0n) is 23.6. The molecule has 2 aromatic heterocycles. The van der Waals surface area contributed by atoms with Gasteiger partial charge in [-0.05, 0) is 76.3 Å². The number of benzene rings is 2. The topological polar surface area (TPSA) is 102 Å². The highest BCUT2D eigenvalue weighted by molar-refractivity contribution is 5.98. The number of carbonyl (C=O) groups is 2. The van der Waals surface area contributed by atoms with Gasteiger partial charge in [0.15, 0.2) is 5.82 Å². The van der Waals surface area contributed by atoms with Gasteiger partial charge in [-0.2, -0.15) is 0 Å². The average molecular weight is 544 g/mol. The Balaban J connectivity index is 1.26. The number of likely N-dealkylation sites (tertiary alicyclic amines) is 1. The summed E-state index contributed by atoms with van der Waals surface area (Å²) in [5, 5.41) is 14.4. The van der Waals surface area contributed by atoms with E-state index >= 15 is 0 Å². The number of nitrogens with one attached hydrogen (secondary N) is 1. The lowest BCUT2D eigenvalue weighted by molar-refractivity contribution is 0.0210. The van der Waals surface area contributed by atoms with Crippen molar-refractivity contribution in [2.24, 2.45) is 13.0 Å². The van der Waals surface area contributed by atoms with Gasteiger partial charge in [-0.1, -0.05) is 18.2 Å². The minimum Gasteiger partial charge on any atom is -0.444 e. The second-order valence-corrected chi connectivity index (χ2v) is 12.2. The van der Waals surface area contributed by atoms with E-state index in [1.807, 2.05) is 25.2 Å². The fourth-order valence-corrected chi connectivity index (χ4v) is 5.62. The first-order chi connectivity index (χ1) is 19.1. The number of nitrogens with zero attached hydrogens (tertiary/aromatic N) is 4. The lowest BCUT2D eigenvalue weighted by atomic mass is 10.0. The Morgan fingerprint density at radius 2 is 1.85 bits per heavy atom. The average Bonchev–Trinajstić information content (AvgIpc) is 3.57. The Hall–Kier alpha value is -3.85. The molecule has 1 aliphatic heterocycles. The highest BCUT2D eigenvalue weighted by Gasteiger charge is 2.33. The number of aryl methyl sites for hydroxylation is 1. The van der Waals surface area contributed by atoms with Crippen molar-refractivity contribution in [3.63, 3.8) is 0 Å². The van der Waals surface area contributed by atoms with Gasteiger partial charge in [0.2, 0.25) is 0 Å². The molecule has 2 N–H and O–H groups in total. The highest BCUT2D eigenvalue weighted by Crippen LogP contribution is 2.36. The summed E-state index contributed by atoms with van der Waals surface area (Å²) in [4.78, 5) is 32.5. The maximum atomic E-state index is 13.5. The second kappa shape index (κ2) is 9.96. The number of imidazole rings is 1. The second-order valence-electron chi connectivity index (χ2n) is 12.2. The van der Waals surface area contributed by atoms with Gasteiger partial charge in [0, 0.05) is 43.1 Å². The number of piperidine rings is 1. The summed E-state index contributed by atoms with van der Waals surface area (Å²) in [6, 6.07) is 15.7. The van der Waals surface area contributed by atoms with Crippen LogP contribution < -0.4 is 5.32 Å². The fraction of sp³-hybridized carbons (Fsp3) is 0.452. The first-order valence-corrected chi connectivity index (χ1v) is 14.1. The Morgan fingerprint density at radius 3 is 2.60 bits per heavy atom. The van der Waals surface area contributed by atoms with Crippen LogP contribution in [0.1, 0.15) is 50.4 Å². The van der Waals surface area contributed by atoms with E-state index in [9.17, 15) is 14.7 Å². The normalized spacial score (nSPS) is 19.8. The standard InChI is InChI=1S/C31H37N5O4/c1-31(2,3)40-30(39)33-23-18-35(14-13-27(23)37)29(38)21-11-12-25-22(15-21)32-28(34(25)4)26-16-20-7-5-6-8-24(20)36(26)17-19-9-10-19/h5-8,11-12,15-16,19,23,27,37H,9-10,13-14,17-18H2,1-4H3,(H,33,39). The SMILES string of the molecule is Cn1c(-c2cc3ccccc3n2CC2CC2)nc2cc(C(=O)N3CCC(O)C(NC(=O)OC(C)(C)C)C3)ccc21. The Bertz CT molecular complexity index is 1590. The molecule has 9 nitrogen and oxygen atoms in total. The van der Waals surface area contributed by atoms with Crippen LogP contribution in [-0.4, -0.2) is 67.0 Å². The lowest BCUT2D eigenvalue weighted by Crippen LogP contribution is -2.57. The van der Waals surface area contributed by atoms with E-state index in [1.165, 1.54) is 23.7 Å². The van der Waals surface area contributed by atoms with Gasteiger partial charge in [0.1, 0.15) is 5.60 Å². The summed E-state index contributed by atoms with van der Waals surface area (Å²) < 4.78 is 9.83. The number of ether oxygens (including phenoxy) is 1. The fourth-order valence-electron chi connectivity index (χ4n) is 5.62. The van der Waals surface area contributed by atoms with Gasteiger partial charge in [-0.15, -0.1) is 0 Å². The molecule has 2 fully saturated rings. The lowest BCUT2D eigenvalue weighted by Gasteiger charge is -2.36. The van der Waals surface area contributed by atoms with E-state index in [-0.39, 0.29) is 12.5 Å². The van der Waals surface area contributed by atoms with Gasteiger partial charge in [0.05, 0.1) is 28.9 Å². The summed E-state index contributed by atoms with van der Waals surface area (Å²) in [6.07, 6.45) is 1.55. The Labute approximate surface area is 233 Å². The van der Waals surface area contributed by atoms with Crippen LogP contribution in [0, 0.1) is 5.92 Å². The van der Waals surface area contributed by atoms with Crippen LogP contribution in [0.15, 0.2) is 48.5 Å². The molecule has 0 spiro atoms. The maximum absolute atomic E-state index is 13.5. The summed E-state index contributed by atoms with van der Waals surface area (Å²) >= 11 is 0. The number of aliphatic hydroxyl groups excluding tert-OH is 1. The third-order valence-corrected chi connectivity index (χ3v) is 7.87. The minimum atomic E-state index is -0.750. The number of hydrogen-bond acceptors (Lipinski definition) is 5. The summed E-state index contributed by atoms with van der Waals surface area (Å²) in [5.41, 5.74) is 3.89. The molecule has 2 aromatic carbocycles. The van der Waals surface area contributed by atoms with Gasteiger partial charge < -0.3 is 29.2 Å². The largest absolute Gasteiger partial charge is 0.444 e. The minimum absolute atomic E-state index is 0.153. The molecule has 40 heavy (non-hydrogen) atoms. The van der Waals surface area contributed by atoms with E-state index in [0.29, 0.717) is 24.4 Å². The van der Waals surface area contributed by atoms with Gasteiger partial charge in [-0.3, -0.25) is 4.79 Å². The van der Waals surface area contributed by atoms with Crippen molar-refractivity contribution in [1.29, 1.82) is 0 Å². The monoisotopic (exact) mass is 543 g/mol. The molecule has 1 saturated carbocycles. The quantitative estimate of drug-likeness (QED) is 0.380. The number of para-hydroxylation sites is 1. The number of aliphatic hydroxyl groups is 1. The third-order valence-electron chi connectivity index (χ3n) is 7.87. The number of alkyl carbamates (subject to hydrolysis) is 1. The predicted octanol–water partition coefficient (Wildman–Crippen LogP) is 4.71. The first-order valence-electron chi connectivity index (χ1n) is 14.1. The first kappa shape index (κ1) is 26.4. The molecular weight excluding hydrogens is 506 g/mol. The molecule has 3 heterocycles. The van der Waals surface area contributed by atoms with Crippen molar-refractivity contribution in [3.8, 4) is 11.5 Å². The van der Waals surface area contributed by atoms with Crippen LogP contribution in [0.2, 0.25) is 0 Å². The molecule has 2 amide bonds. The van der Waals surface area contributed by atoms with Crippen LogP contribution in [-0.2, 0) is 18.3 Å². The zero-order chi connectivity index (χ0) is 28.2. The predicted molar refractivity (Wildman–Crippen MR) is 154 cm³/mol. The Morgan fingerprint density at radius 1 is 1.07 bits per heavy atom. The van der Waals surface area contributed by atoms with E-state index in [0.717, 1.165) is 29.1 Å². The number of fused-ring (bicyclic) bond motifs is 2.